The molecule has 0 amide bonds. The highest BCUT2D eigenvalue weighted by Crippen LogP contribution is 2.30. The van der Waals surface area contributed by atoms with Crippen LogP contribution in [0.25, 0.3) is 0 Å². The molecule has 0 aliphatic carbocycles. The van der Waals surface area contributed by atoms with Gasteiger partial charge in [-0.1, -0.05) is 0 Å². The molecule has 4 nitrogen and oxygen atoms in total. The lowest BCUT2D eigenvalue weighted by Gasteiger charge is -2.14. The van der Waals surface area contributed by atoms with E-state index < -0.39 is 0 Å². The van der Waals surface area contributed by atoms with Gasteiger partial charge >= 0.3 is 0 Å². The van der Waals surface area contributed by atoms with Crippen LogP contribution in [0.2, 0.25) is 0 Å². The van der Waals surface area contributed by atoms with E-state index in [4.69, 9.17) is 15.3 Å². The van der Waals surface area contributed by atoms with Gasteiger partial charge in [0.2, 0.25) is 0 Å². The van der Waals surface area contributed by atoms with E-state index in [9.17, 15) is 0 Å². The average molecular weight is 182 g/mol. The lowest BCUT2D eigenvalue weighted by molar-refractivity contribution is 0.355. The van der Waals surface area contributed by atoms with Crippen LogP contribution < -0.4 is 20.3 Å². The van der Waals surface area contributed by atoms with Gasteiger partial charge in [-0.15, -0.1) is 0 Å². The minimum atomic E-state index is 0.678. The van der Waals surface area contributed by atoms with Gasteiger partial charge in [0, 0.05) is 13.1 Å². The molecule has 0 aliphatic heterocycles. The number of ether oxygens (including phenoxy) is 2. The van der Waals surface area contributed by atoms with Crippen molar-refractivity contribution in [3.63, 3.8) is 0 Å². The van der Waals surface area contributed by atoms with Crippen molar-refractivity contribution in [2.24, 2.45) is 5.84 Å². The van der Waals surface area contributed by atoms with E-state index in [1.165, 1.54) is 5.01 Å². The number of hydrogen-bond donors (Lipinski definition) is 1. The number of methoxy groups -OCH3 is 2. The third-order valence-corrected chi connectivity index (χ3v) is 1.77. The van der Waals surface area contributed by atoms with E-state index in [2.05, 4.69) is 0 Å². The maximum atomic E-state index is 5.57. The van der Waals surface area contributed by atoms with E-state index in [1.807, 2.05) is 18.2 Å². The van der Waals surface area contributed by atoms with Crippen LogP contribution in [0.3, 0.4) is 0 Å². The number of anilines is 1. The van der Waals surface area contributed by atoms with E-state index >= 15 is 0 Å². The Morgan fingerprint density at radius 2 is 1.77 bits per heavy atom. The fourth-order valence-electron chi connectivity index (χ4n) is 1.04. The molecule has 0 atom stereocenters. The molecule has 1 aromatic rings. The molecule has 13 heavy (non-hydrogen) atoms. The van der Waals surface area contributed by atoms with Crippen LogP contribution in [-0.4, -0.2) is 21.3 Å². The van der Waals surface area contributed by atoms with Gasteiger partial charge in [-0.2, -0.15) is 0 Å². The number of nitrogens with zero attached hydrogens (tertiary/aromatic N) is 1. The predicted octanol–water partition coefficient (Wildman–Crippen LogP) is 1.01. The first-order valence-corrected chi connectivity index (χ1v) is 3.89. The van der Waals surface area contributed by atoms with Crippen molar-refractivity contribution in [3.05, 3.63) is 18.2 Å². The summed E-state index contributed by atoms with van der Waals surface area (Å²) >= 11 is 0. The van der Waals surface area contributed by atoms with Gasteiger partial charge in [-0.25, -0.2) is 5.84 Å². The van der Waals surface area contributed by atoms with Crippen molar-refractivity contribution in [2.75, 3.05) is 26.3 Å². The molecule has 0 spiro atoms. The number of hydrazine groups is 1. The molecule has 0 saturated carbocycles. The predicted molar refractivity (Wildman–Crippen MR) is 52.1 cm³/mol. The standard InChI is InChI=1S/C9H14N2O2/c1-11(10)7-4-5-8(12-2)9(6-7)13-3/h4-6H,10H2,1-3H3. The smallest absolute Gasteiger partial charge is 0.162 e. The summed E-state index contributed by atoms with van der Waals surface area (Å²) in [7, 11) is 4.96. The molecular weight excluding hydrogens is 168 g/mol. The molecule has 0 heterocycles. The first-order valence-electron chi connectivity index (χ1n) is 3.89. The van der Waals surface area contributed by atoms with Crippen LogP contribution in [0.15, 0.2) is 18.2 Å². The van der Waals surface area contributed by atoms with Crippen molar-refractivity contribution in [1.29, 1.82) is 0 Å². The third kappa shape index (κ3) is 2.03. The number of rotatable bonds is 3. The van der Waals surface area contributed by atoms with E-state index in [0.717, 1.165) is 5.69 Å². The van der Waals surface area contributed by atoms with Crippen LogP contribution in [0.5, 0.6) is 11.5 Å². The minimum absolute atomic E-state index is 0.678. The van der Waals surface area contributed by atoms with Gasteiger partial charge in [-0.3, -0.25) is 0 Å². The summed E-state index contributed by atoms with van der Waals surface area (Å²) in [5, 5.41) is 1.52. The summed E-state index contributed by atoms with van der Waals surface area (Å²) in [6.07, 6.45) is 0. The fourth-order valence-corrected chi connectivity index (χ4v) is 1.04. The molecule has 0 radical (unpaired) electrons. The van der Waals surface area contributed by atoms with Crippen LogP contribution in [-0.2, 0) is 0 Å². The molecule has 72 valence electrons. The Morgan fingerprint density at radius 1 is 1.15 bits per heavy atom. The lowest BCUT2D eigenvalue weighted by atomic mass is 10.2. The van der Waals surface area contributed by atoms with Crippen molar-refractivity contribution in [2.45, 2.75) is 0 Å². The second-order valence-electron chi connectivity index (χ2n) is 2.65. The molecule has 1 aromatic carbocycles. The largest absolute Gasteiger partial charge is 0.493 e. The maximum absolute atomic E-state index is 5.57. The molecule has 0 aliphatic rings. The van der Waals surface area contributed by atoms with Gasteiger partial charge in [-0.05, 0) is 12.1 Å². The highest BCUT2D eigenvalue weighted by molar-refractivity contribution is 5.55. The van der Waals surface area contributed by atoms with Gasteiger partial charge in [0.05, 0.1) is 19.9 Å². The van der Waals surface area contributed by atoms with Crippen molar-refractivity contribution in [1.82, 2.24) is 0 Å². The number of nitrogens with two attached hydrogens (primary N) is 1. The summed E-state index contributed by atoms with van der Waals surface area (Å²) in [6.45, 7) is 0. The highest BCUT2D eigenvalue weighted by Gasteiger charge is 2.04. The lowest BCUT2D eigenvalue weighted by Crippen LogP contribution is -2.24. The second kappa shape index (κ2) is 4.00. The average Bonchev–Trinajstić information content (AvgIpc) is 2.16. The minimum Gasteiger partial charge on any atom is -0.493 e. The molecule has 0 fully saturated rings. The Bertz CT molecular complexity index is 287. The Morgan fingerprint density at radius 3 is 2.23 bits per heavy atom. The van der Waals surface area contributed by atoms with Crippen LogP contribution in [0.4, 0.5) is 5.69 Å². The molecule has 0 bridgehead atoms. The van der Waals surface area contributed by atoms with Gasteiger partial charge in [0.15, 0.2) is 11.5 Å². The zero-order valence-corrected chi connectivity index (χ0v) is 8.07. The Kier molecular flexibility index (Phi) is 2.97. The summed E-state index contributed by atoms with van der Waals surface area (Å²) in [4.78, 5) is 0. The molecule has 2 N–H and O–H groups in total. The Labute approximate surface area is 77.8 Å². The Balaban J connectivity index is 3.05. The van der Waals surface area contributed by atoms with Crippen LogP contribution in [0, 0.1) is 0 Å². The fraction of sp³-hybridized carbons (Fsp3) is 0.333. The molecular formula is C9H14N2O2. The first kappa shape index (κ1) is 9.67. The molecule has 0 saturated heterocycles. The second-order valence-corrected chi connectivity index (χ2v) is 2.65. The van der Waals surface area contributed by atoms with Crippen LogP contribution in [0.1, 0.15) is 0 Å². The van der Waals surface area contributed by atoms with E-state index in [-0.39, 0.29) is 0 Å². The summed E-state index contributed by atoms with van der Waals surface area (Å²) in [5.74, 6) is 6.95. The van der Waals surface area contributed by atoms with Gasteiger partial charge in [0.1, 0.15) is 0 Å². The van der Waals surface area contributed by atoms with E-state index in [1.54, 1.807) is 21.3 Å². The third-order valence-electron chi connectivity index (χ3n) is 1.77. The normalized spacial score (nSPS) is 9.54. The topological polar surface area (TPSA) is 47.7 Å². The molecule has 0 aromatic heterocycles. The monoisotopic (exact) mass is 182 g/mol. The summed E-state index contributed by atoms with van der Waals surface area (Å²) in [6, 6.07) is 5.50. The zero-order valence-electron chi connectivity index (χ0n) is 8.07. The Hall–Kier alpha value is -1.42. The number of benzene rings is 1. The zero-order chi connectivity index (χ0) is 9.84. The van der Waals surface area contributed by atoms with Crippen molar-refractivity contribution < 1.29 is 9.47 Å². The van der Waals surface area contributed by atoms with E-state index in [0.29, 0.717) is 11.5 Å². The highest BCUT2D eigenvalue weighted by atomic mass is 16.5. The first-order chi connectivity index (χ1) is 6.19. The van der Waals surface area contributed by atoms with Gasteiger partial charge < -0.3 is 14.5 Å². The summed E-state index contributed by atoms with van der Waals surface area (Å²) < 4.78 is 10.2. The number of hydrogen-bond acceptors (Lipinski definition) is 4. The van der Waals surface area contributed by atoms with Crippen LogP contribution >= 0.6 is 0 Å². The van der Waals surface area contributed by atoms with Crippen molar-refractivity contribution >= 4 is 5.69 Å². The van der Waals surface area contributed by atoms with Crippen molar-refractivity contribution in [3.8, 4) is 11.5 Å². The molecule has 0 unspecified atom stereocenters. The molecule has 1 rings (SSSR count). The summed E-state index contributed by atoms with van der Waals surface area (Å²) in [5.41, 5.74) is 0.873. The molecule has 4 heteroatoms. The van der Waals surface area contributed by atoms with Gasteiger partial charge in [0.25, 0.3) is 0 Å². The quantitative estimate of drug-likeness (QED) is 0.560. The maximum Gasteiger partial charge on any atom is 0.162 e. The SMILES string of the molecule is COc1ccc(N(C)N)cc1OC.